The summed E-state index contributed by atoms with van der Waals surface area (Å²) >= 11 is 6.29. The lowest BCUT2D eigenvalue weighted by molar-refractivity contribution is -0.140. The van der Waals surface area contributed by atoms with Crippen molar-refractivity contribution in [3.8, 4) is 0 Å². The Labute approximate surface area is 241 Å². The zero-order chi connectivity index (χ0) is 29.7. The first-order valence-corrected chi connectivity index (χ1v) is 13.6. The van der Waals surface area contributed by atoms with Gasteiger partial charge in [-0.2, -0.15) is 13.2 Å². The summed E-state index contributed by atoms with van der Waals surface area (Å²) in [5.41, 5.74) is 6.67. The van der Waals surface area contributed by atoms with Gasteiger partial charge in [0, 0.05) is 50.6 Å². The number of unbranched alkanes of at least 4 members (excludes halogenated alkanes) is 1. The number of aromatic nitrogens is 1. The Hall–Kier alpha value is -3.50. The van der Waals surface area contributed by atoms with Crippen LogP contribution >= 0.6 is 11.6 Å². The van der Waals surface area contributed by atoms with Gasteiger partial charge in [0.1, 0.15) is 11.5 Å². The van der Waals surface area contributed by atoms with Crippen molar-refractivity contribution in [2.75, 3.05) is 25.9 Å². The summed E-state index contributed by atoms with van der Waals surface area (Å²) in [5.74, 6) is -1.61. The number of nitrogen functional groups attached to an aromatic ring is 1. The molecular formula is C30H31ClF4N4O2. The molecule has 2 atom stereocenters. The van der Waals surface area contributed by atoms with E-state index < -0.39 is 17.6 Å². The number of alkyl halides is 3. The van der Waals surface area contributed by atoms with Gasteiger partial charge < -0.3 is 10.6 Å². The summed E-state index contributed by atoms with van der Waals surface area (Å²) in [6.45, 7) is 0.955. The van der Waals surface area contributed by atoms with E-state index in [9.17, 15) is 27.2 Å². The van der Waals surface area contributed by atoms with Gasteiger partial charge in [-0.1, -0.05) is 29.8 Å². The number of rotatable bonds is 10. The second kappa shape index (κ2) is 13.0. The molecule has 0 spiro atoms. The molecule has 0 radical (unpaired) electrons. The van der Waals surface area contributed by atoms with Gasteiger partial charge in [0.05, 0.1) is 16.3 Å². The first-order valence-electron chi connectivity index (χ1n) is 13.3. The zero-order valence-corrected chi connectivity index (χ0v) is 23.3. The standard InChI is InChI=1S/C30H31ClF4N4O2/c1-38(16-19-9-11-22(24(32)14-19)30(33,34)35)27-18-39(17-21(27)20-10-12-25(36)23(31)15-20)29(41)8-3-2-7-28(40)26-6-4-5-13-37-26/h4-6,9-15,21,27H,2-3,7-8,16-18,36H2,1H3/t21-,27?/m1/s1. The largest absolute Gasteiger partial charge is 0.419 e. The van der Waals surface area contributed by atoms with E-state index in [1.807, 2.05) is 11.0 Å². The molecule has 1 aromatic heterocycles. The van der Waals surface area contributed by atoms with Gasteiger partial charge in [0.15, 0.2) is 5.78 Å². The fourth-order valence-electron chi connectivity index (χ4n) is 5.21. The van der Waals surface area contributed by atoms with Gasteiger partial charge in [0.2, 0.25) is 5.91 Å². The number of hydrogen-bond acceptors (Lipinski definition) is 5. The first-order chi connectivity index (χ1) is 19.4. The van der Waals surface area contributed by atoms with Gasteiger partial charge in [-0.05, 0) is 67.4 Å². The Morgan fingerprint density at radius 3 is 2.49 bits per heavy atom. The molecule has 1 unspecified atom stereocenters. The molecule has 2 aromatic carbocycles. The number of pyridine rings is 1. The Bertz CT molecular complexity index is 1390. The average Bonchev–Trinajstić information content (AvgIpc) is 3.38. The van der Waals surface area contributed by atoms with Crippen LogP contribution in [0.1, 0.15) is 58.8 Å². The number of halogens is 5. The highest BCUT2D eigenvalue weighted by Gasteiger charge is 2.39. The average molecular weight is 591 g/mol. The number of nitrogens with zero attached hydrogens (tertiary/aromatic N) is 3. The number of Topliss-reactive ketones (excluding diaryl/α,β-unsaturated/α-hetero) is 1. The molecule has 0 saturated carbocycles. The summed E-state index contributed by atoms with van der Waals surface area (Å²) in [6.07, 6.45) is -1.55. The molecule has 218 valence electrons. The monoisotopic (exact) mass is 590 g/mol. The molecule has 6 nitrogen and oxygen atoms in total. The molecule has 1 fully saturated rings. The lowest BCUT2D eigenvalue weighted by atomic mass is 9.93. The van der Waals surface area contributed by atoms with Crippen LogP contribution in [0, 0.1) is 5.82 Å². The van der Waals surface area contributed by atoms with Crippen molar-refractivity contribution in [3.63, 3.8) is 0 Å². The molecule has 1 amide bonds. The number of likely N-dealkylation sites (N-methyl/N-ethyl adjacent to an activating group) is 1. The van der Waals surface area contributed by atoms with Crippen molar-refractivity contribution in [3.05, 3.63) is 94.0 Å². The van der Waals surface area contributed by atoms with Crippen molar-refractivity contribution in [1.82, 2.24) is 14.8 Å². The first kappa shape index (κ1) is 30.5. The third-order valence-electron chi connectivity index (χ3n) is 7.43. The number of carbonyl (C=O) groups excluding carboxylic acids is 2. The molecule has 1 aliphatic heterocycles. The van der Waals surface area contributed by atoms with E-state index in [0.717, 1.165) is 17.7 Å². The number of benzene rings is 2. The summed E-state index contributed by atoms with van der Waals surface area (Å²) < 4.78 is 53.2. The zero-order valence-electron chi connectivity index (χ0n) is 22.5. The number of anilines is 1. The van der Waals surface area contributed by atoms with E-state index in [1.54, 1.807) is 48.5 Å². The number of likely N-dealkylation sites (tertiary alicyclic amines) is 1. The molecule has 4 rings (SSSR count). The van der Waals surface area contributed by atoms with Gasteiger partial charge in [-0.15, -0.1) is 0 Å². The van der Waals surface area contributed by atoms with Gasteiger partial charge >= 0.3 is 6.18 Å². The molecule has 0 aliphatic carbocycles. The van der Waals surface area contributed by atoms with Crippen molar-refractivity contribution < 1.29 is 27.2 Å². The highest BCUT2D eigenvalue weighted by molar-refractivity contribution is 6.33. The van der Waals surface area contributed by atoms with E-state index in [4.69, 9.17) is 17.3 Å². The fraction of sp³-hybridized carbons (Fsp3) is 0.367. The molecular weight excluding hydrogens is 560 g/mol. The lowest BCUT2D eigenvalue weighted by Gasteiger charge is -2.29. The van der Waals surface area contributed by atoms with Crippen LogP contribution in [0.2, 0.25) is 5.02 Å². The van der Waals surface area contributed by atoms with Crippen molar-refractivity contribution in [2.24, 2.45) is 0 Å². The summed E-state index contributed by atoms with van der Waals surface area (Å²) in [5, 5.41) is 0.385. The second-order valence-electron chi connectivity index (χ2n) is 10.3. The number of ketones is 1. The van der Waals surface area contributed by atoms with Crippen LogP contribution in [0.4, 0.5) is 23.2 Å². The van der Waals surface area contributed by atoms with E-state index in [2.05, 4.69) is 4.98 Å². The van der Waals surface area contributed by atoms with Gasteiger partial charge in [-0.3, -0.25) is 19.5 Å². The molecule has 41 heavy (non-hydrogen) atoms. The minimum absolute atomic E-state index is 0.0571. The molecule has 2 heterocycles. The van der Waals surface area contributed by atoms with E-state index >= 15 is 0 Å². The van der Waals surface area contributed by atoms with Gasteiger partial charge in [-0.25, -0.2) is 4.39 Å². The molecule has 1 aliphatic rings. The topological polar surface area (TPSA) is 79.5 Å². The maximum absolute atomic E-state index is 14.2. The number of carbonyl (C=O) groups is 2. The third-order valence-corrected chi connectivity index (χ3v) is 7.75. The Balaban J connectivity index is 1.43. The SMILES string of the molecule is CN(Cc1ccc(C(F)(F)F)c(F)c1)C1CN(C(=O)CCCCC(=O)c2ccccn2)C[C@@H]1c1ccc(N)c(Cl)c1. The molecule has 3 aromatic rings. The molecule has 1 saturated heterocycles. The number of nitrogens with two attached hydrogens (primary N) is 1. The highest BCUT2D eigenvalue weighted by Crippen LogP contribution is 2.35. The highest BCUT2D eigenvalue weighted by atomic mass is 35.5. The normalized spacial score (nSPS) is 17.3. The van der Waals surface area contributed by atoms with Crippen molar-refractivity contribution in [2.45, 2.75) is 50.4 Å². The van der Waals surface area contributed by atoms with E-state index in [0.29, 0.717) is 54.3 Å². The second-order valence-corrected chi connectivity index (χ2v) is 10.7. The predicted octanol–water partition coefficient (Wildman–Crippen LogP) is 6.34. The Kier molecular flexibility index (Phi) is 9.65. The van der Waals surface area contributed by atoms with Gasteiger partial charge in [0.25, 0.3) is 0 Å². The summed E-state index contributed by atoms with van der Waals surface area (Å²) in [7, 11) is 1.79. The lowest BCUT2D eigenvalue weighted by Crippen LogP contribution is -2.38. The molecule has 2 N–H and O–H groups in total. The van der Waals surface area contributed by atoms with Crippen molar-refractivity contribution >= 4 is 29.0 Å². The Morgan fingerprint density at radius 2 is 1.83 bits per heavy atom. The molecule has 11 heteroatoms. The molecule has 0 bridgehead atoms. The quantitative estimate of drug-likeness (QED) is 0.129. The number of amides is 1. The van der Waals surface area contributed by atoms with Crippen LogP contribution in [0.25, 0.3) is 0 Å². The predicted molar refractivity (Wildman–Crippen MR) is 149 cm³/mol. The third kappa shape index (κ3) is 7.62. The van der Waals surface area contributed by atoms with Crippen LogP contribution in [0.3, 0.4) is 0 Å². The maximum Gasteiger partial charge on any atom is 0.419 e. The van der Waals surface area contributed by atoms with E-state index in [1.165, 1.54) is 6.07 Å². The summed E-state index contributed by atoms with van der Waals surface area (Å²) in [6, 6.07) is 13.2. The van der Waals surface area contributed by atoms with Crippen LogP contribution in [0.15, 0.2) is 60.8 Å². The minimum atomic E-state index is -4.77. The smallest absolute Gasteiger partial charge is 0.398 e. The number of hydrogen-bond donors (Lipinski definition) is 1. The van der Waals surface area contributed by atoms with Crippen LogP contribution in [-0.2, 0) is 17.5 Å². The van der Waals surface area contributed by atoms with Crippen LogP contribution in [-0.4, -0.2) is 52.7 Å². The van der Waals surface area contributed by atoms with Crippen LogP contribution < -0.4 is 5.73 Å². The maximum atomic E-state index is 14.2. The minimum Gasteiger partial charge on any atom is -0.398 e. The summed E-state index contributed by atoms with van der Waals surface area (Å²) in [4.78, 5) is 33.2. The Morgan fingerprint density at radius 1 is 1.07 bits per heavy atom. The van der Waals surface area contributed by atoms with E-state index in [-0.39, 0.29) is 36.6 Å². The van der Waals surface area contributed by atoms with Crippen LogP contribution in [0.5, 0.6) is 0 Å². The van der Waals surface area contributed by atoms with Crippen molar-refractivity contribution in [1.29, 1.82) is 0 Å². The fourth-order valence-corrected chi connectivity index (χ4v) is 5.40.